The molecule has 1 aromatic heterocycles. The summed E-state index contributed by atoms with van der Waals surface area (Å²) in [6, 6.07) is 0.584. The molecule has 0 radical (unpaired) electrons. The summed E-state index contributed by atoms with van der Waals surface area (Å²) in [4.78, 5) is 0. The Morgan fingerprint density at radius 1 is 1.29 bits per heavy atom. The zero-order valence-electron chi connectivity index (χ0n) is 8.32. The Labute approximate surface area is 89.5 Å². The lowest BCUT2D eigenvalue weighted by atomic mass is 10.1. The summed E-state index contributed by atoms with van der Waals surface area (Å²) in [5, 5.41) is 7.95. The van der Waals surface area contributed by atoms with Crippen molar-refractivity contribution in [3.05, 3.63) is 12.2 Å². The van der Waals surface area contributed by atoms with E-state index in [1.165, 1.54) is 38.5 Å². The molecule has 0 saturated heterocycles. The van der Waals surface area contributed by atoms with Gasteiger partial charge in [-0.25, -0.2) is 0 Å². The molecule has 4 heteroatoms. The van der Waals surface area contributed by atoms with Crippen molar-refractivity contribution in [1.29, 1.82) is 0 Å². The van der Waals surface area contributed by atoms with Crippen molar-refractivity contribution < 1.29 is 0 Å². The van der Waals surface area contributed by atoms with Gasteiger partial charge in [0.1, 0.15) is 12.2 Å². The van der Waals surface area contributed by atoms with Gasteiger partial charge >= 0.3 is 0 Å². The third-order valence-electron chi connectivity index (χ3n) is 2.98. The lowest BCUT2D eigenvalue weighted by Gasteiger charge is -2.16. The molecule has 14 heavy (non-hydrogen) atoms. The van der Waals surface area contributed by atoms with E-state index in [-0.39, 0.29) is 0 Å². The van der Waals surface area contributed by atoms with E-state index < -0.39 is 0 Å². The summed E-state index contributed by atoms with van der Waals surface area (Å²) in [5.41, 5.74) is 0. The van der Waals surface area contributed by atoms with Gasteiger partial charge < -0.3 is 4.57 Å². The summed E-state index contributed by atoms with van der Waals surface area (Å²) in [6.45, 7) is 0. The Morgan fingerprint density at radius 3 is 2.64 bits per heavy atom. The quantitative estimate of drug-likeness (QED) is 0.559. The van der Waals surface area contributed by atoms with Gasteiger partial charge in [0.15, 0.2) is 0 Å². The molecule has 1 aromatic rings. The number of aromatic nitrogens is 3. The maximum atomic E-state index is 5.81. The topological polar surface area (TPSA) is 30.7 Å². The largest absolute Gasteiger partial charge is 0.313 e. The number of hydrogen-bond donors (Lipinski definition) is 0. The van der Waals surface area contributed by atoms with Gasteiger partial charge in [-0.3, -0.25) is 0 Å². The van der Waals surface area contributed by atoms with Gasteiger partial charge in [0.05, 0.1) is 5.88 Å². The average molecular weight is 214 g/mol. The first kappa shape index (κ1) is 9.97. The first-order valence-electron chi connectivity index (χ1n) is 5.36. The zero-order valence-corrected chi connectivity index (χ0v) is 9.08. The standard InChI is InChI=1S/C10H16ClN3/c11-7-10-13-12-8-14(10)9-5-3-1-2-4-6-9/h8-9H,1-7H2. The molecule has 0 atom stereocenters. The Kier molecular flexibility index (Phi) is 3.40. The molecule has 0 amide bonds. The molecule has 0 aromatic carbocycles. The van der Waals surface area contributed by atoms with Crippen molar-refractivity contribution in [1.82, 2.24) is 14.8 Å². The van der Waals surface area contributed by atoms with E-state index in [0.717, 1.165) is 5.82 Å². The molecule has 0 spiro atoms. The lowest BCUT2D eigenvalue weighted by Crippen LogP contribution is -2.10. The van der Waals surface area contributed by atoms with Crippen LogP contribution in [0.25, 0.3) is 0 Å². The van der Waals surface area contributed by atoms with Gasteiger partial charge in [-0.15, -0.1) is 21.8 Å². The van der Waals surface area contributed by atoms with Gasteiger partial charge in [0, 0.05) is 6.04 Å². The summed E-state index contributed by atoms with van der Waals surface area (Å²) in [7, 11) is 0. The van der Waals surface area contributed by atoms with Crippen LogP contribution < -0.4 is 0 Å². The number of rotatable bonds is 2. The average Bonchev–Trinajstić information content (AvgIpc) is 2.52. The molecule has 0 N–H and O–H groups in total. The van der Waals surface area contributed by atoms with Gasteiger partial charge in [-0.1, -0.05) is 25.7 Å². The SMILES string of the molecule is ClCc1nncn1C1CCCCCC1. The molecule has 1 fully saturated rings. The number of halogens is 1. The van der Waals surface area contributed by atoms with Crippen molar-refractivity contribution in [3.8, 4) is 0 Å². The van der Waals surface area contributed by atoms with Gasteiger partial charge in [-0.2, -0.15) is 0 Å². The fraction of sp³-hybridized carbons (Fsp3) is 0.800. The van der Waals surface area contributed by atoms with Crippen molar-refractivity contribution in [2.45, 2.75) is 50.4 Å². The van der Waals surface area contributed by atoms with Gasteiger partial charge in [0.25, 0.3) is 0 Å². The predicted molar refractivity (Wildman–Crippen MR) is 56.3 cm³/mol. The molecule has 0 unspecified atom stereocenters. The minimum atomic E-state index is 0.469. The molecule has 1 aliphatic rings. The first-order chi connectivity index (χ1) is 6.92. The first-order valence-corrected chi connectivity index (χ1v) is 5.89. The Balaban J connectivity index is 2.11. The molecular formula is C10H16ClN3. The third kappa shape index (κ3) is 2.08. The van der Waals surface area contributed by atoms with Crippen LogP contribution in [0.2, 0.25) is 0 Å². The van der Waals surface area contributed by atoms with Crippen molar-refractivity contribution in [2.75, 3.05) is 0 Å². The highest BCUT2D eigenvalue weighted by molar-refractivity contribution is 6.16. The van der Waals surface area contributed by atoms with E-state index in [0.29, 0.717) is 11.9 Å². The van der Waals surface area contributed by atoms with Crippen LogP contribution in [0.4, 0.5) is 0 Å². The van der Waals surface area contributed by atoms with Gasteiger partial charge in [-0.05, 0) is 12.8 Å². The predicted octanol–water partition coefficient (Wildman–Crippen LogP) is 2.91. The van der Waals surface area contributed by atoms with Crippen molar-refractivity contribution >= 4 is 11.6 Å². The summed E-state index contributed by atoms with van der Waals surface area (Å²) in [6.07, 6.45) is 9.72. The smallest absolute Gasteiger partial charge is 0.148 e. The van der Waals surface area contributed by atoms with E-state index in [1.807, 2.05) is 6.33 Å². The molecule has 1 saturated carbocycles. The van der Waals surface area contributed by atoms with E-state index in [2.05, 4.69) is 14.8 Å². The van der Waals surface area contributed by atoms with Crippen LogP contribution in [-0.4, -0.2) is 14.8 Å². The minimum Gasteiger partial charge on any atom is -0.313 e. The maximum absolute atomic E-state index is 5.81. The lowest BCUT2D eigenvalue weighted by molar-refractivity contribution is 0.433. The van der Waals surface area contributed by atoms with Gasteiger partial charge in [0.2, 0.25) is 0 Å². The molecule has 0 bridgehead atoms. The van der Waals surface area contributed by atoms with Crippen LogP contribution >= 0.6 is 11.6 Å². The Bertz CT molecular complexity index is 277. The van der Waals surface area contributed by atoms with E-state index in [4.69, 9.17) is 11.6 Å². The second kappa shape index (κ2) is 4.78. The van der Waals surface area contributed by atoms with Crippen LogP contribution in [0.5, 0.6) is 0 Å². The number of hydrogen-bond acceptors (Lipinski definition) is 2. The second-order valence-electron chi connectivity index (χ2n) is 3.93. The van der Waals surface area contributed by atoms with Crippen LogP contribution in [0.3, 0.4) is 0 Å². The van der Waals surface area contributed by atoms with E-state index in [1.54, 1.807) is 0 Å². The van der Waals surface area contributed by atoms with Crippen LogP contribution in [0.1, 0.15) is 50.4 Å². The molecule has 78 valence electrons. The van der Waals surface area contributed by atoms with Crippen LogP contribution in [0.15, 0.2) is 6.33 Å². The monoisotopic (exact) mass is 213 g/mol. The normalized spacial score (nSPS) is 19.5. The fourth-order valence-electron chi connectivity index (χ4n) is 2.20. The van der Waals surface area contributed by atoms with Crippen molar-refractivity contribution in [3.63, 3.8) is 0 Å². The van der Waals surface area contributed by atoms with E-state index >= 15 is 0 Å². The molecule has 0 aliphatic heterocycles. The third-order valence-corrected chi connectivity index (χ3v) is 3.22. The molecule has 2 rings (SSSR count). The van der Waals surface area contributed by atoms with Crippen LogP contribution in [-0.2, 0) is 5.88 Å². The highest BCUT2D eigenvalue weighted by Gasteiger charge is 2.16. The van der Waals surface area contributed by atoms with Crippen LogP contribution in [0, 0.1) is 0 Å². The highest BCUT2D eigenvalue weighted by atomic mass is 35.5. The number of nitrogens with zero attached hydrogens (tertiary/aromatic N) is 3. The summed E-state index contributed by atoms with van der Waals surface area (Å²) >= 11 is 5.81. The summed E-state index contributed by atoms with van der Waals surface area (Å²) in [5.74, 6) is 1.38. The van der Waals surface area contributed by atoms with E-state index in [9.17, 15) is 0 Å². The maximum Gasteiger partial charge on any atom is 0.148 e. The minimum absolute atomic E-state index is 0.469. The fourth-order valence-corrected chi connectivity index (χ4v) is 2.39. The Morgan fingerprint density at radius 2 is 2.00 bits per heavy atom. The summed E-state index contributed by atoms with van der Waals surface area (Å²) < 4.78 is 2.16. The molecular weight excluding hydrogens is 198 g/mol. The molecule has 1 heterocycles. The Hall–Kier alpha value is -0.570. The molecule has 1 aliphatic carbocycles. The molecule has 3 nitrogen and oxygen atoms in total. The second-order valence-corrected chi connectivity index (χ2v) is 4.20. The van der Waals surface area contributed by atoms with Crippen molar-refractivity contribution in [2.24, 2.45) is 0 Å². The zero-order chi connectivity index (χ0) is 9.80. The number of alkyl halides is 1. The highest BCUT2D eigenvalue weighted by Crippen LogP contribution is 2.27.